The van der Waals surface area contributed by atoms with Crippen LogP contribution in [0.1, 0.15) is 35.3 Å². The summed E-state index contributed by atoms with van der Waals surface area (Å²) in [6, 6.07) is 5.45. The minimum Gasteiger partial charge on any atom is -0.481 e. The van der Waals surface area contributed by atoms with Gasteiger partial charge in [0.05, 0.1) is 19.1 Å². The molecule has 0 bridgehead atoms. The lowest BCUT2D eigenvalue weighted by Gasteiger charge is -2.15. The van der Waals surface area contributed by atoms with E-state index in [4.69, 9.17) is 9.84 Å². The lowest BCUT2D eigenvalue weighted by atomic mass is 9.87. The molecule has 2 rings (SSSR count). The number of ether oxygens (including phenoxy) is 1. The number of hydrogen-bond acceptors (Lipinski definition) is 3. The summed E-state index contributed by atoms with van der Waals surface area (Å²) in [5.74, 6) is -2.27. The first-order chi connectivity index (χ1) is 8.50. The van der Waals surface area contributed by atoms with Gasteiger partial charge in [0.15, 0.2) is 5.78 Å². The molecule has 1 aliphatic heterocycles. The van der Waals surface area contributed by atoms with Crippen molar-refractivity contribution < 1.29 is 19.4 Å². The van der Waals surface area contributed by atoms with Crippen molar-refractivity contribution in [3.63, 3.8) is 0 Å². The van der Waals surface area contributed by atoms with Crippen LogP contribution >= 0.6 is 0 Å². The summed E-state index contributed by atoms with van der Waals surface area (Å²) in [4.78, 5) is 23.1. The molecule has 0 radical (unpaired) electrons. The Balaban J connectivity index is 2.21. The normalized spacial score (nSPS) is 17.0. The topological polar surface area (TPSA) is 63.6 Å². The molecule has 1 aliphatic rings. The van der Waals surface area contributed by atoms with E-state index >= 15 is 0 Å². The molecule has 1 aromatic carbocycles. The number of carboxylic acids is 1. The highest BCUT2D eigenvalue weighted by molar-refractivity contribution is 5.99. The molecule has 0 spiro atoms. The van der Waals surface area contributed by atoms with Crippen molar-refractivity contribution in [1.29, 1.82) is 0 Å². The Morgan fingerprint density at radius 1 is 1.17 bits per heavy atom. The Labute approximate surface area is 106 Å². The second-order valence-corrected chi connectivity index (χ2v) is 4.76. The predicted molar refractivity (Wildman–Crippen MR) is 65.2 cm³/mol. The van der Waals surface area contributed by atoms with Crippen LogP contribution in [0.5, 0.6) is 0 Å². The van der Waals surface area contributed by atoms with Gasteiger partial charge >= 0.3 is 5.97 Å². The lowest BCUT2D eigenvalue weighted by molar-refractivity contribution is -0.142. The third-order valence-electron chi connectivity index (χ3n) is 3.56. The van der Waals surface area contributed by atoms with Crippen molar-refractivity contribution in [2.45, 2.75) is 27.1 Å². The van der Waals surface area contributed by atoms with E-state index in [1.165, 1.54) is 0 Å². The molecular formula is C14H16O4. The molecule has 2 unspecified atom stereocenters. The van der Waals surface area contributed by atoms with Crippen molar-refractivity contribution in [3.05, 3.63) is 34.9 Å². The Morgan fingerprint density at radius 3 is 2.50 bits per heavy atom. The molecule has 0 aromatic heterocycles. The van der Waals surface area contributed by atoms with Gasteiger partial charge in [-0.1, -0.05) is 26.0 Å². The van der Waals surface area contributed by atoms with E-state index in [-0.39, 0.29) is 5.78 Å². The Kier molecular flexibility index (Phi) is 3.48. The molecule has 18 heavy (non-hydrogen) atoms. The smallest absolute Gasteiger partial charge is 0.306 e. The second-order valence-electron chi connectivity index (χ2n) is 4.76. The van der Waals surface area contributed by atoms with Crippen molar-refractivity contribution in [2.24, 2.45) is 11.8 Å². The number of rotatable bonds is 4. The van der Waals surface area contributed by atoms with E-state index in [2.05, 4.69) is 0 Å². The molecule has 2 atom stereocenters. The zero-order chi connectivity index (χ0) is 13.3. The number of ketones is 1. The molecular weight excluding hydrogens is 232 g/mol. The average Bonchev–Trinajstić information content (AvgIpc) is 2.82. The summed E-state index contributed by atoms with van der Waals surface area (Å²) in [5.41, 5.74) is 2.70. The third kappa shape index (κ3) is 2.29. The number of carbonyl (C=O) groups excluding carboxylic acids is 1. The molecule has 0 saturated carbocycles. The van der Waals surface area contributed by atoms with E-state index < -0.39 is 17.8 Å². The van der Waals surface area contributed by atoms with Gasteiger partial charge in [-0.3, -0.25) is 9.59 Å². The van der Waals surface area contributed by atoms with Gasteiger partial charge in [0.2, 0.25) is 0 Å². The number of fused-ring (bicyclic) bond motifs is 1. The largest absolute Gasteiger partial charge is 0.481 e. The molecule has 0 aliphatic carbocycles. The second kappa shape index (κ2) is 4.90. The zero-order valence-corrected chi connectivity index (χ0v) is 10.5. The zero-order valence-electron chi connectivity index (χ0n) is 10.5. The van der Waals surface area contributed by atoms with Crippen LogP contribution in [0.3, 0.4) is 0 Å². The van der Waals surface area contributed by atoms with Crippen molar-refractivity contribution >= 4 is 11.8 Å². The summed E-state index contributed by atoms with van der Waals surface area (Å²) in [7, 11) is 0. The third-order valence-corrected chi connectivity index (χ3v) is 3.56. The first-order valence-corrected chi connectivity index (χ1v) is 5.97. The molecule has 1 aromatic rings. The maximum atomic E-state index is 12.2. The minimum absolute atomic E-state index is 0.125. The van der Waals surface area contributed by atoms with Crippen LogP contribution in [-0.2, 0) is 22.7 Å². The van der Waals surface area contributed by atoms with Gasteiger partial charge in [0, 0.05) is 11.5 Å². The van der Waals surface area contributed by atoms with Gasteiger partial charge < -0.3 is 9.84 Å². The van der Waals surface area contributed by atoms with Crippen LogP contribution in [0.15, 0.2) is 18.2 Å². The van der Waals surface area contributed by atoms with E-state index in [1.807, 2.05) is 12.1 Å². The summed E-state index contributed by atoms with van der Waals surface area (Å²) >= 11 is 0. The van der Waals surface area contributed by atoms with Gasteiger partial charge in [0.25, 0.3) is 0 Å². The lowest BCUT2D eigenvalue weighted by Crippen LogP contribution is -2.25. The average molecular weight is 248 g/mol. The van der Waals surface area contributed by atoms with E-state index in [0.717, 1.165) is 11.1 Å². The molecule has 4 nitrogen and oxygen atoms in total. The van der Waals surface area contributed by atoms with Crippen LogP contribution in [0, 0.1) is 11.8 Å². The molecule has 0 fully saturated rings. The van der Waals surface area contributed by atoms with Gasteiger partial charge in [-0.05, 0) is 17.2 Å². The number of benzene rings is 1. The SMILES string of the molecule is CC(C(=O)O)C(C)C(=O)c1ccc2c(c1)COC2. The van der Waals surface area contributed by atoms with Crippen LogP contribution in [-0.4, -0.2) is 16.9 Å². The Bertz CT molecular complexity index is 493. The summed E-state index contributed by atoms with van der Waals surface area (Å²) < 4.78 is 5.29. The monoisotopic (exact) mass is 248 g/mol. The highest BCUT2D eigenvalue weighted by Gasteiger charge is 2.27. The highest BCUT2D eigenvalue weighted by atomic mass is 16.5. The van der Waals surface area contributed by atoms with E-state index in [9.17, 15) is 9.59 Å². The molecule has 1 heterocycles. The maximum absolute atomic E-state index is 12.2. The van der Waals surface area contributed by atoms with Crippen LogP contribution < -0.4 is 0 Å². The fourth-order valence-corrected chi connectivity index (χ4v) is 2.03. The van der Waals surface area contributed by atoms with Crippen molar-refractivity contribution in [3.8, 4) is 0 Å². The number of carboxylic acid groups (broad SMARTS) is 1. The number of hydrogen-bond donors (Lipinski definition) is 1. The fraction of sp³-hybridized carbons (Fsp3) is 0.429. The molecule has 96 valence electrons. The number of aliphatic carboxylic acids is 1. The van der Waals surface area contributed by atoms with Gasteiger partial charge in [0.1, 0.15) is 0 Å². The quantitative estimate of drug-likeness (QED) is 0.830. The molecule has 0 amide bonds. The highest BCUT2D eigenvalue weighted by Crippen LogP contribution is 2.24. The summed E-state index contributed by atoms with van der Waals surface area (Å²) in [6.07, 6.45) is 0. The van der Waals surface area contributed by atoms with Crippen molar-refractivity contribution in [1.82, 2.24) is 0 Å². The molecule has 0 saturated heterocycles. The van der Waals surface area contributed by atoms with Crippen LogP contribution in [0.2, 0.25) is 0 Å². The van der Waals surface area contributed by atoms with E-state index in [1.54, 1.807) is 19.9 Å². The molecule has 1 N–H and O–H groups in total. The van der Waals surface area contributed by atoms with Crippen LogP contribution in [0.4, 0.5) is 0 Å². The first kappa shape index (κ1) is 12.8. The molecule has 4 heteroatoms. The standard InChI is InChI=1S/C14H16O4/c1-8(9(2)14(16)17)13(15)10-3-4-11-6-18-7-12(11)5-10/h3-5,8-9H,6-7H2,1-2H3,(H,16,17). The number of Topliss-reactive ketones (excluding diaryl/α,β-unsaturated/α-hetero) is 1. The van der Waals surface area contributed by atoms with Crippen molar-refractivity contribution in [2.75, 3.05) is 0 Å². The number of carbonyl (C=O) groups is 2. The maximum Gasteiger partial charge on any atom is 0.306 e. The Hall–Kier alpha value is -1.68. The van der Waals surface area contributed by atoms with Gasteiger partial charge in [-0.2, -0.15) is 0 Å². The summed E-state index contributed by atoms with van der Waals surface area (Å²) in [5, 5.41) is 8.93. The fourth-order valence-electron chi connectivity index (χ4n) is 2.03. The predicted octanol–water partition coefficient (Wildman–Crippen LogP) is 2.26. The summed E-state index contributed by atoms with van der Waals surface area (Å²) in [6.45, 7) is 4.33. The minimum atomic E-state index is -0.944. The first-order valence-electron chi connectivity index (χ1n) is 5.97. The Morgan fingerprint density at radius 2 is 1.83 bits per heavy atom. The van der Waals surface area contributed by atoms with Crippen LogP contribution in [0.25, 0.3) is 0 Å². The van der Waals surface area contributed by atoms with E-state index in [0.29, 0.717) is 18.8 Å². The van der Waals surface area contributed by atoms with Gasteiger partial charge in [-0.15, -0.1) is 0 Å². The van der Waals surface area contributed by atoms with Gasteiger partial charge in [-0.25, -0.2) is 0 Å².